The minimum Gasteiger partial charge on any atom is -0.380 e. The van der Waals surface area contributed by atoms with Crippen molar-refractivity contribution in [3.63, 3.8) is 0 Å². The highest BCUT2D eigenvalue weighted by Crippen LogP contribution is 2.20. The maximum Gasteiger partial charge on any atom is 0.0535 e. The first-order chi connectivity index (χ1) is 9.92. The van der Waals surface area contributed by atoms with Gasteiger partial charge in [0.05, 0.1) is 5.69 Å². The van der Waals surface area contributed by atoms with Crippen LogP contribution < -0.4 is 5.32 Å². The quantitative estimate of drug-likeness (QED) is 0.784. The van der Waals surface area contributed by atoms with Crippen molar-refractivity contribution in [1.29, 1.82) is 0 Å². The van der Waals surface area contributed by atoms with Crippen LogP contribution in [0.25, 0.3) is 11.1 Å². The Labute approximate surface area is 117 Å². The molecule has 0 unspecified atom stereocenters. The van der Waals surface area contributed by atoms with Crippen LogP contribution in [0.15, 0.2) is 67.5 Å². The van der Waals surface area contributed by atoms with E-state index in [-0.39, 0.29) is 0 Å². The fraction of sp³-hybridized carbons (Fsp3) is 0.0625. The summed E-state index contributed by atoms with van der Waals surface area (Å²) >= 11 is 0. The van der Waals surface area contributed by atoms with Crippen molar-refractivity contribution >= 4 is 5.69 Å². The molecule has 0 aromatic carbocycles. The first-order valence-electron chi connectivity index (χ1n) is 6.40. The minimum absolute atomic E-state index is 0.728. The molecule has 0 radical (unpaired) electrons. The summed E-state index contributed by atoms with van der Waals surface area (Å²) in [5.41, 5.74) is 4.23. The van der Waals surface area contributed by atoms with E-state index in [0.29, 0.717) is 0 Å². The zero-order valence-electron chi connectivity index (χ0n) is 10.9. The lowest BCUT2D eigenvalue weighted by atomic mass is 10.1. The largest absolute Gasteiger partial charge is 0.380 e. The average Bonchev–Trinajstić information content (AvgIpc) is 2.55. The molecule has 1 N–H and O–H groups in total. The van der Waals surface area contributed by atoms with Gasteiger partial charge in [-0.05, 0) is 23.8 Å². The van der Waals surface area contributed by atoms with E-state index in [0.717, 1.165) is 28.9 Å². The standard InChI is InChI=1S/C16H14N4/c1-3-13(8-17-5-1)9-20-16-7-15(11-19-12-16)14-4-2-6-18-10-14/h1-8,10-12,20H,9H2. The maximum atomic E-state index is 4.27. The number of rotatable bonds is 4. The predicted molar refractivity (Wildman–Crippen MR) is 79.0 cm³/mol. The third-order valence-electron chi connectivity index (χ3n) is 2.95. The van der Waals surface area contributed by atoms with Crippen LogP contribution in [-0.4, -0.2) is 15.0 Å². The Morgan fingerprint density at radius 3 is 2.35 bits per heavy atom. The Morgan fingerprint density at radius 2 is 1.60 bits per heavy atom. The molecule has 3 aromatic heterocycles. The Kier molecular flexibility index (Phi) is 3.64. The van der Waals surface area contributed by atoms with E-state index in [9.17, 15) is 0 Å². The lowest BCUT2D eigenvalue weighted by Crippen LogP contribution is -2.00. The molecule has 0 saturated heterocycles. The van der Waals surface area contributed by atoms with E-state index < -0.39 is 0 Å². The zero-order valence-corrected chi connectivity index (χ0v) is 10.9. The summed E-state index contributed by atoms with van der Waals surface area (Å²) in [6.07, 6.45) is 10.9. The van der Waals surface area contributed by atoms with Gasteiger partial charge in [-0.25, -0.2) is 0 Å². The SMILES string of the molecule is c1cncc(CNc2cncc(-c3cccnc3)c2)c1. The summed E-state index contributed by atoms with van der Waals surface area (Å²) in [6, 6.07) is 9.99. The van der Waals surface area contributed by atoms with Gasteiger partial charge in [0.15, 0.2) is 0 Å². The predicted octanol–water partition coefficient (Wildman–Crippen LogP) is 3.15. The summed E-state index contributed by atoms with van der Waals surface area (Å²) in [5, 5.41) is 3.35. The molecule has 98 valence electrons. The van der Waals surface area contributed by atoms with Crippen LogP contribution in [0.2, 0.25) is 0 Å². The molecular weight excluding hydrogens is 248 g/mol. The van der Waals surface area contributed by atoms with Crippen molar-refractivity contribution in [3.8, 4) is 11.1 Å². The molecule has 3 heterocycles. The van der Waals surface area contributed by atoms with Crippen molar-refractivity contribution in [2.75, 3.05) is 5.32 Å². The number of nitrogens with one attached hydrogen (secondary N) is 1. The Hall–Kier alpha value is -2.75. The molecular formula is C16H14N4. The van der Waals surface area contributed by atoms with Gasteiger partial charge in [0.25, 0.3) is 0 Å². The molecule has 4 nitrogen and oxygen atoms in total. The van der Waals surface area contributed by atoms with E-state index in [1.807, 2.05) is 49.1 Å². The fourth-order valence-corrected chi connectivity index (χ4v) is 1.93. The lowest BCUT2D eigenvalue weighted by molar-refractivity contribution is 1.11. The van der Waals surface area contributed by atoms with Crippen LogP contribution in [0.3, 0.4) is 0 Å². The van der Waals surface area contributed by atoms with E-state index in [4.69, 9.17) is 0 Å². The van der Waals surface area contributed by atoms with Gasteiger partial charge in [-0.3, -0.25) is 15.0 Å². The molecule has 3 rings (SSSR count). The molecule has 0 atom stereocenters. The van der Waals surface area contributed by atoms with Crippen LogP contribution in [0.5, 0.6) is 0 Å². The fourth-order valence-electron chi connectivity index (χ4n) is 1.93. The number of hydrogen-bond acceptors (Lipinski definition) is 4. The zero-order chi connectivity index (χ0) is 13.6. The third kappa shape index (κ3) is 2.98. The van der Waals surface area contributed by atoms with Gasteiger partial charge in [-0.1, -0.05) is 12.1 Å². The number of aromatic nitrogens is 3. The summed E-state index contributed by atoms with van der Waals surface area (Å²) < 4.78 is 0. The molecule has 0 aliphatic carbocycles. The van der Waals surface area contributed by atoms with Crippen LogP contribution in [-0.2, 0) is 6.54 Å². The van der Waals surface area contributed by atoms with Gasteiger partial charge < -0.3 is 5.32 Å². The second-order valence-corrected chi connectivity index (χ2v) is 4.42. The highest BCUT2D eigenvalue weighted by molar-refractivity contribution is 5.65. The van der Waals surface area contributed by atoms with Crippen LogP contribution in [0, 0.1) is 0 Å². The first-order valence-corrected chi connectivity index (χ1v) is 6.40. The molecule has 4 heteroatoms. The van der Waals surface area contributed by atoms with Gasteiger partial charge >= 0.3 is 0 Å². The molecule has 0 aliphatic rings. The smallest absolute Gasteiger partial charge is 0.0535 e. The molecule has 0 bridgehead atoms. The Bertz CT molecular complexity index is 668. The van der Waals surface area contributed by atoms with E-state index in [2.05, 4.69) is 26.3 Å². The van der Waals surface area contributed by atoms with Gasteiger partial charge in [-0.2, -0.15) is 0 Å². The van der Waals surface area contributed by atoms with Crippen LogP contribution >= 0.6 is 0 Å². The molecule has 0 saturated carbocycles. The summed E-state index contributed by atoms with van der Waals surface area (Å²) in [5.74, 6) is 0. The van der Waals surface area contributed by atoms with Gasteiger partial charge in [-0.15, -0.1) is 0 Å². The van der Waals surface area contributed by atoms with Crippen molar-refractivity contribution in [3.05, 3.63) is 73.1 Å². The van der Waals surface area contributed by atoms with Gasteiger partial charge in [0.1, 0.15) is 0 Å². The van der Waals surface area contributed by atoms with Crippen LogP contribution in [0.1, 0.15) is 5.56 Å². The average molecular weight is 262 g/mol. The normalized spacial score (nSPS) is 10.2. The lowest BCUT2D eigenvalue weighted by Gasteiger charge is -2.07. The number of hydrogen-bond donors (Lipinski definition) is 1. The van der Waals surface area contributed by atoms with Gasteiger partial charge in [0, 0.05) is 54.9 Å². The highest BCUT2D eigenvalue weighted by atomic mass is 14.9. The second kappa shape index (κ2) is 5.93. The third-order valence-corrected chi connectivity index (χ3v) is 2.95. The molecule has 0 amide bonds. The van der Waals surface area contributed by atoms with E-state index >= 15 is 0 Å². The molecule has 0 aliphatic heterocycles. The first kappa shape index (κ1) is 12.3. The maximum absolute atomic E-state index is 4.27. The van der Waals surface area contributed by atoms with Crippen molar-refractivity contribution < 1.29 is 0 Å². The highest BCUT2D eigenvalue weighted by Gasteiger charge is 2.00. The molecule has 0 spiro atoms. The Morgan fingerprint density at radius 1 is 0.800 bits per heavy atom. The second-order valence-electron chi connectivity index (χ2n) is 4.42. The summed E-state index contributed by atoms with van der Waals surface area (Å²) in [6.45, 7) is 0.728. The molecule has 20 heavy (non-hydrogen) atoms. The molecule has 0 fully saturated rings. The number of nitrogens with zero attached hydrogens (tertiary/aromatic N) is 3. The topological polar surface area (TPSA) is 50.7 Å². The molecule has 3 aromatic rings. The number of pyridine rings is 3. The monoisotopic (exact) mass is 262 g/mol. The summed E-state index contributed by atoms with van der Waals surface area (Å²) in [4.78, 5) is 12.5. The number of anilines is 1. The van der Waals surface area contributed by atoms with E-state index in [1.165, 1.54) is 0 Å². The minimum atomic E-state index is 0.728. The van der Waals surface area contributed by atoms with Crippen LogP contribution in [0.4, 0.5) is 5.69 Å². The van der Waals surface area contributed by atoms with E-state index in [1.54, 1.807) is 12.4 Å². The van der Waals surface area contributed by atoms with Crippen molar-refractivity contribution in [2.45, 2.75) is 6.54 Å². The van der Waals surface area contributed by atoms with Gasteiger partial charge in [0.2, 0.25) is 0 Å². The summed E-state index contributed by atoms with van der Waals surface area (Å²) in [7, 11) is 0. The van der Waals surface area contributed by atoms with Crippen molar-refractivity contribution in [2.24, 2.45) is 0 Å². The van der Waals surface area contributed by atoms with Crippen molar-refractivity contribution in [1.82, 2.24) is 15.0 Å². The Balaban J connectivity index is 1.75.